The molecule has 18 heavy (non-hydrogen) atoms. The SMILES string of the molecule is COCC(O)CN(C)C(=O)c1cc(Br)ccc1O. The number of hydrogen-bond acceptors (Lipinski definition) is 4. The molecule has 0 fully saturated rings. The number of phenols is 1. The van der Waals surface area contributed by atoms with E-state index in [0.717, 1.165) is 0 Å². The number of halogens is 1. The Kier molecular flexibility index (Phi) is 5.58. The molecule has 1 unspecified atom stereocenters. The topological polar surface area (TPSA) is 70.0 Å². The second kappa shape index (κ2) is 6.72. The number of likely N-dealkylation sites (N-methyl/N-ethyl adjacent to an activating group) is 1. The number of carbonyl (C=O) groups excluding carboxylic acids is 1. The highest BCUT2D eigenvalue weighted by atomic mass is 79.9. The molecule has 1 aromatic rings. The van der Waals surface area contributed by atoms with Crippen molar-refractivity contribution in [1.82, 2.24) is 4.90 Å². The highest BCUT2D eigenvalue weighted by molar-refractivity contribution is 9.10. The number of ether oxygens (including phenoxy) is 1. The van der Waals surface area contributed by atoms with Crippen molar-refractivity contribution in [1.29, 1.82) is 0 Å². The summed E-state index contributed by atoms with van der Waals surface area (Å²) in [5, 5.41) is 19.2. The first-order valence-electron chi connectivity index (χ1n) is 5.36. The summed E-state index contributed by atoms with van der Waals surface area (Å²) >= 11 is 3.24. The normalized spacial score (nSPS) is 12.2. The molecule has 1 aromatic carbocycles. The van der Waals surface area contributed by atoms with Crippen molar-refractivity contribution >= 4 is 21.8 Å². The highest BCUT2D eigenvalue weighted by Crippen LogP contribution is 2.23. The van der Waals surface area contributed by atoms with E-state index in [0.29, 0.717) is 4.47 Å². The lowest BCUT2D eigenvalue weighted by Gasteiger charge is -2.21. The molecule has 0 aliphatic carbocycles. The summed E-state index contributed by atoms with van der Waals surface area (Å²) in [6.45, 7) is 0.292. The molecule has 0 bridgehead atoms. The van der Waals surface area contributed by atoms with Crippen LogP contribution in [0.2, 0.25) is 0 Å². The smallest absolute Gasteiger partial charge is 0.257 e. The molecule has 5 nitrogen and oxygen atoms in total. The Morgan fingerprint density at radius 2 is 2.22 bits per heavy atom. The lowest BCUT2D eigenvalue weighted by atomic mass is 10.1. The largest absolute Gasteiger partial charge is 0.507 e. The molecule has 0 saturated carbocycles. The van der Waals surface area contributed by atoms with E-state index in [1.165, 1.54) is 24.1 Å². The molecule has 1 amide bonds. The van der Waals surface area contributed by atoms with Crippen LogP contribution in [0, 0.1) is 0 Å². The molecule has 6 heteroatoms. The van der Waals surface area contributed by atoms with Crippen LogP contribution in [0.15, 0.2) is 22.7 Å². The van der Waals surface area contributed by atoms with Gasteiger partial charge in [-0.25, -0.2) is 0 Å². The van der Waals surface area contributed by atoms with Gasteiger partial charge in [0.15, 0.2) is 0 Å². The number of aromatic hydroxyl groups is 1. The molecule has 1 atom stereocenters. The molecule has 2 N–H and O–H groups in total. The third kappa shape index (κ3) is 3.97. The first-order valence-corrected chi connectivity index (χ1v) is 6.16. The summed E-state index contributed by atoms with van der Waals surface area (Å²) in [5.41, 5.74) is 0.191. The fourth-order valence-electron chi connectivity index (χ4n) is 1.53. The second-order valence-corrected chi connectivity index (χ2v) is 4.87. The maximum Gasteiger partial charge on any atom is 0.257 e. The first-order chi connectivity index (χ1) is 8.45. The van der Waals surface area contributed by atoms with Crippen LogP contribution in [0.1, 0.15) is 10.4 Å². The number of aliphatic hydroxyl groups is 1. The Labute approximate surface area is 114 Å². The van der Waals surface area contributed by atoms with Crippen LogP contribution >= 0.6 is 15.9 Å². The molecule has 0 aromatic heterocycles. The third-order valence-corrected chi connectivity index (χ3v) is 2.87. The molecular weight excluding hydrogens is 302 g/mol. The average molecular weight is 318 g/mol. The number of rotatable bonds is 5. The number of phenolic OH excluding ortho intramolecular Hbond substituents is 1. The number of benzene rings is 1. The van der Waals surface area contributed by atoms with E-state index < -0.39 is 6.10 Å². The average Bonchev–Trinajstić information content (AvgIpc) is 2.31. The Hall–Kier alpha value is -1.11. The van der Waals surface area contributed by atoms with Crippen molar-refractivity contribution in [3.8, 4) is 5.75 Å². The Balaban J connectivity index is 2.77. The Bertz CT molecular complexity index is 425. The summed E-state index contributed by atoms with van der Waals surface area (Å²) in [5.74, 6) is -0.444. The van der Waals surface area contributed by atoms with Gasteiger partial charge in [0.1, 0.15) is 5.75 Å². The molecule has 0 saturated heterocycles. The van der Waals surface area contributed by atoms with Gasteiger partial charge in [0.2, 0.25) is 0 Å². The molecular formula is C12H16BrNO4. The number of nitrogens with zero attached hydrogens (tertiary/aromatic N) is 1. The number of carbonyl (C=O) groups is 1. The minimum absolute atomic E-state index is 0.0868. The van der Waals surface area contributed by atoms with Crippen LogP contribution in [-0.2, 0) is 4.74 Å². The molecule has 100 valence electrons. The van der Waals surface area contributed by atoms with E-state index in [1.54, 1.807) is 13.1 Å². The summed E-state index contributed by atoms with van der Waals surface area (Å²) in [6.07, 6.45) is -0.752. The zero-order valence-corrected chi connectivity index (χ0v) is 11.8. The van der Waals surface area contributed by atoms with Gasteiger partial charge in [-0.05, 0) is 18.2 Å². The van der Waals surface area contributed by atoms with Crippen molar-refractivity contribution < 1.29 is 19.7 Å². The van der Waals surface area contributed by atoms with Gasteiger partial charge in [-0.3, -0.25) is 4.79 Å². The zero-order valence-electron chi connectivity index (χ0n) is 10.3. The van der Waals surface area contributed by atoms with E-state index in [-0.39, 0.29) is 30.4 Å². The van der Waals surface area contributed by atoms with Crippen LogP contribution in [-0.4, -0.2) is 54.4 Å². The van der Waals surface area contributed by atoms with Crippen molar-refractivity contribution in [3.05, 3.63) is 28.2 Å². The lowest BCUT2D eigenvalue weighted by molar-refractivity contribution is 0.0379. The number of amides is 1. The number of aliphatic hydroxyl groups excluding tert-OH is 1. The zero-order chi connectivity index (χ0) is 13.7. The van der Waals surface area contributed by atoms with Crippen molar-refractivity contribution in [2.45, 2.75) is 6.10 Å². The van der Waals surface area contributed by atoms with Gasteiger partial charge in [0, 0.05) is 25.2 Å². The predicted molar refractivity (Wildman–Crippen MR) is 70.7 cm³/mol. The van der Waals surface area contributed by atoms with Gasteiger partial charge < -0.3 is 19.8 Å². The van der Waals surface area contributed by atoms with Crippen LogP contribution in [0.25, 0.3) is 0 Å². The maximum atomic E-state index is 12.1. The van der Waals surface area contributed by atoms with Crippen molar-refractivity contribution in [2.24, 2.45) is 0 Å². The van der Waals surface area contributed by atoms with Crippen LogP contribution < -0.4 is 0 Å². The Morgan fingerprint density at radius 3 is 2.83 bits per heavy atom. The molecule has 0 spiro atoms. The monoisotopic (exact) mass is 317 g/mol. The predicted octanol–water partition coefficient (Wildman–Crippen LogP) is 1.23. The van der Waals surface area contributed by atoms with Gasteiger partial charge >= 0.3 is 0 Å². The lowest BCUT2D eigenvalue weighted by Crippen LogP contribution is -2.36. The van der Waals surface area contributed by atoms with Gasteiger partial charge in [-0.15, -0.1) is 0 Å². The summed E-state index contributed by atoms with van der Waals surface area (Å²) in [6, 6.07) is 4.62. The molecule has 0 radical (unpaired) electrons. The summed E-state index contributed by atoms with van der Waals surface area (Å²) < 4.78 is 5.49. The van der Waals surface area contributed by atoms with Crippen LogP contribution in [0.3, 0.4) is 0 Å². The van der Waals surface area contributed by atoms with E-state index in [9.17, 15) is 15.0 Å². The highest BCUT2D eigenvalue weighted by Gasteiger charge is 2.18. The number of methoxy groups -OCH3 is 1. The Morgan fingerprint density at radius 1 is 1.56 bits per heavy atom. The van der Waals surface area contributed by atoms with Crippen LogP contribution in [0.4, 0.5) is 0 Å². The van der Waals surface area contributed by atoms with Crippen molar-refractivity contribution in [3.63, 3.8) is 0 Å². The van der Waals surface area contributed by atoms with E-state index >= 15 is 0 Å². The van der Waals surface area contributed by atoms with E-state index in [4.69, 9.17) is 4.74 Å². The first kappa shape index (κ1) is 14.9. The van der Waals surface area contributed by atoms with Gasteiger partial charge in [-0.2, -0.15) is 0 Å². The van der Waals surface area contributed by atoms with Gasteiger partial charge in [0.05, 0.1) is 18.3 Å². The second-order valence-electron chi connectivity index (χ2n) is 3.96. The summed E-state index contributed by atoms with van der Waals surface area (Å²) in [4.78, 5) is 13.4. The maximum absolute atomic E-state index is 12.1. The van der Waals surface area contributed by atoms with E-state index in [1.807, 2.05) is 0 Å². The summed E-state index contributed by atoms with van der Waals surface area (Å²) in [7, 11) is 3.03. The minimum atomic E-state index is -0.752. The van der Waals surface area contributed by atoms with Crippen molar-refractivity contribution in [2.75, 3.05) is 27.3 Å². The quantitative estimate of drug-likeness (QED) is 0.857. The van der Waals surface area contributed by atoms with Gasteiger partial charge in [0.25, 0.3) is 5.91 Å². The van der Waals surface area contributed by atoms with Gasteiger partial charge in [-0.1, -0.05) is 15.9 Å². The molecule has 0 aliphatic rings. The molecule has 0 heterocycles. The fraction of sp³-hybridized carbons (Fsp3) is 0.417. The third-order valence-electron chi connectivity index (χ3n) is 2.38. The standard InChI is InChI=1S/C12H16BrNO4/c1-14(6-9(15)7-18-2)12(17)10-5-8(13)3-4-11(10)16/h3-5,9,15-16H,6-7H2,1-2H3. The fourth-order valence-corrected chi connectivity index (χ4v) is 1.89. The molecule has 0 aliphatic heterocycles. The van der Waals surface area contributed by atoms with Crippen LogP contribution in [0.5, 0.6) is 5.75 Å². The minimum Gasteiger partial charge on any atom is -0.507 e. The number of hydrogen-bond donors (Lipinski definition) is 2. The molecule has 1 rings (SSSR count). The van der Waals surface area contributed by atoms with E-state index in [2.05, 4.69) is 15.9 Å².